The molecule has 0 aromatic carbocycles. The summed E-state index contributed by atoms with van der Waals surface area (Å²) < 4.78 is 0. The molecule has 0 N–H and O–H groups in total. The highest BCUT2D eigenvalue weighted by molar-refractivity contribution is 6.29. The number of halogens is 1. The molecule has 1 aromatic heterocycles. The first-order chi connectivity index (χ1) is 7.00. The smallest absolute Gasteiger partial charge is 0.129 e. The molecule has 0 radical (unpaired) electrons. The molecule has 0 saturated heterocycles. The summed E-state index contributed by atoms with van der Waals surface area (Å²) in [7, 11) is 2.12. The summed E-state index contributed by atoms with van der Waals surface area (Å²) in [6.45, 7) is 7.54. The van der Waals surface area contributed by atoms with Crippen LogP contribution in [0.1, 0.15) is 26.5 Å². The Morgan fingerprint density at radius 2 is 2.00 bits per heavy atom. The van der Waals surface area contributed by atoms with Gasteiger partial charge in [0.1, 0.15) is 5.15 Å². The fourth-order valence-corrected chi connectivity index (χ4v) is 1.63. The SMILES string of the molecule is CC(C)C(C)N(C)Cc1cccc(Cl)n1. The maximum atomic E-state index is 5.84. The summed E-state index contributed by atoms with van der Waals surface area (Å²) in [6, 6.07) is 6.30. The zero-order valence-corrected chi connectivity index (χ0v) is 10.6. The number of rotatable bonds is 4. The van der Waals surface area contributed by atoms with Crippen LogP contribution in [0, 0.1) is 5.92 Å². The third-order valence-electron chi connectivity index (χ3n) is 2.84. The quantitative estimate of drug-likeness (QED) is 0.733. The van der Waals surface area contributed by atoms with Crippen molar-refractivity contribution in [2.24, 2.45) is 5.92 Å². The van der Waals surface area contributed by atoms with E-state index in [9.17, 15) is 0 Å². The molecular formula is C12H19ClN2. The molecule has 15 heavy (non-hydrogen) atoms. The van der Waals surface area contributed by atoms with Gasteiger partial charge in [0.15, 0.2) is 0 Å². The predicted molar refractivity (Wildman–Crippen MR) is 65.0 cm³/mol. The third kappa shape index (κ3) is 3.80. The maximum absolute atomic E-state index is 5.84. The highest BCUT2D eigenvalue weighted by Gasteiger charge is 2.13. The highest BCUT2D eigenvalue weighted by Crippen LogP contribution is 2.12. The van der Waals surface area contributed by atoms with Crippen LogP contribution in [-0.2, 0) is 6.54 Å². The van der Waals surface area contributed by atoms with Crippen LogP contribution < -0.4 is 0 Å². The summed E-state index contributed by atoms with van der Waals surface area (Å²) >= 11 is 5.84. The molecule has 1 aromatic rings. The van der Waals surface area contributed by atoms with Crippen molar-refractivity contribution >= 4 is 11.6 Å². The number of hydrogen-bond acceptors (Lipinski definition) is 2. The highest BCUT2D eigenvalue weighted by atomic mass is 35.5. The Labute approximate surface area is 97.3 Å². The fraction of sp³-hybridized carbons (Fsp3) is 0.583. The molecule has 3 heteroatoms. The van der Waals surface area contributed by atoms with Gasteiger partial charge in [0.25, 0.3) is 0 Å². The van der Waals surface area contributed by atoms with E-state index in [4.69, 9.17) is 11.6 Å². The van der Waals surface area contributed by atoms with Gasteiger partial charge in [-0.05, 0) is 32.0 Å². The Bertz CT molecular complexity index is 312. The van der Waals surface area contributed by atoms with Gasteiger partial charge in [-0.2, -0.15) is 0 Å². The van der Waals surface area contributed by atoms with Gasteiger partial charge in [-0.1, -0.05) is 31.5 Å². The minimum Gasteiger partial charge on any atom is -0.298 e. The van der Waals surface area contributed by atoms with Gasteiger partial charge >= 0.3 is 0 Å². The molecular weight excluding hydrogens is 208 g/mol. The van der Waals surface area contributed by atoms with Crippen molar-refractivity contribution < 1.29 is 0 Å². The number of hydrogen-bond donors (Lipinski definition) is 0. The number of nitrogens with zero attached hydrogens (tertiary/aromatic N) is 2. The van der Waals surface area contributed by atoms with Crippen LogP contribution >= 0.6 is 11.6 Å². The zero-order valence-electron chi connectivity index (χ0n) is 9.87. The van der Waals surface area contributed by atoms with Crippen molar-refractivity contribution in [3.63, 3.8) is 0 Å². The van der Waals surface area contributed by atoms with Crippen LogP contribution in [0.5, 0.6) is 0 Å². The summed E-state index contributed by atoms with van der Waals surface area (Å²) in [5.74, 6) is 0.647. The minimum atomic E-state index is 0.547. The number of aromatic nitrogens is 1. The van der Waals surface area contributed by atoms with Crippen LogP contribution in [-0.4, -0.2) is 23.0 Å². The van der Waals surface area contributed by atoms with Gasteiger partial charge in [0.05, 0.1) is 5.69 Å². The van der Waals surface area contributed by atoms with E-state index in [1.54, 1.807) is 6.07 Å². The van der Waals surface area contributed by atoms with E-state index in [1.165, 1.54) is 0 Å². The van der Waals surface area contributed by atoms with Crippen LogP contribution in [0.15, 0.2) is 18.2 Å². The van der Waals surface area contributed by atoms with E-state index in [0.717, 1.165) is 12.2 Å². The van der Waals surface area contributed by atoms with Gasteiger partial charge in [-0.25, -0.2) is 4.98 Å². The lowest BCUT2D eigenvalue weighted by Gasteiger charge is -2.27. The maximum Gasteiger partial charge on any atom is 0.129 e. The molecule has 1 atom stereocenters. The summed E-state index contributed by atoms with van der Waals surface area (Å²) in [5, 5.41) is 0.568. The van der Waals surface area contributed by atoms with Gasteiger partial charge in [0, 0.05) is 12.6 Å². The Morgan fingerprint density at radius 1 is 1.33 bits per heavy atom. The average Bonchev–Trinajstić information content (AvgIpc) is 2.16. The number of pyridine rings is 1. The standard InChI is InChI=1S/C12H19ClN2/c1-9(2)10(3)15(4)8-11-6-5-7-12(13)14-11/h5-7,9-10H,8H2,1-4H3. The largest absolute Gasteiger partial charge is 0.298 e. The molecule has 0 bridgehead atoms. The molecule has 1 heterocycles. The molecule has 2 nitrogen and oxygen atoms in total. The minimum absolute atomic E-state index is 0.547. The van der Waals surface area contributed by atoms with E-state index in [0.29, 0.717) is 17.1 Å². The third-order valence-corrected chi connectivity index (χ3v) is 3.05. The van der Waals surface area contributed by atoms with Crippen molar-refractivity contribution in [3.8, 4) is 0 Å². The van der Waals surface area contributed by atoms with Crippen LogP contribution in [0.25, 0.3) is 0 Å². The van der Waals surface area contributed by atoms with Gasteiger partial charge in [0.2, 0.25) is 0 Å². The van der Waals surface area contributed by atoms with Crippen molar-refractivity contribution in [3.05, 3.63) is 29.0 Å². The molecule has 84 valence electrons. The summed E-state index contributed by atoms with van der Waals surface area (Å²) in [5.41, 5.74) is 1.03. The zero-order chi connectivity index (χ0) is 11.4. The lowest BCUT2D eigenvalue weighted by molar-refractivity contribution is 0.198. The van der Waals surface area contributed by atoms with E-state index in [2.05, 4.69) is 37.7 Å². The van der Waals surface area contributed by atoms with Crippen LogP contribution in [0.4, 0.5) is 0 Å². The lowest BCUT2D eigenvalue weighted by Crippen LogP contribution is -2.32. The topological polar surface area (TPSA) is 16.1 Å². The van der Waals surface area contributed by atoms with Gasteiger partial charge in [-0.3, -0.25) is 4.90 Å². The van der Waals surface area contributed by atoms with Crippen LogP contribution in [0.3, 0.4) is 0 Å². The summed E-state index contributed by atoms with van der Waals surface area (Å²) in [6.07, 6.45) is 0. The van der Waals surface area contributed by atoms with E-state index >= 15 is 0 Å². The first kappa shape index (κ1) is 12.5. The molecule has 0 amide bonds. The first-order valence-electron chi connectivity index (χ1n) is 5.32. The average molecular weight is 227 g/mol. The van der Waals surface area contributed by atoms with Crippen LogP contribution in [0.2, 0.25) is 5.15 Å². The van der Waals surface area contributed by atoms with Crippen molar-refractivity contribution in [2.75, 3.05) is 7.05 Å². The van der Waals surface area contributed by atoms with Gasteiger partial charge in [-0.15, -0.1) is 0 Å². The molecule has 0 aliphatic rings. The Morgan fingerprint density at radius 3 is 2.53 bits per heavy atom. The Hall–Kier alpha value is -0.600. The first-order valence-corrected chi connectivity index (χ1v) is 5.70. The molecule has 0 fully saturated rings. The fourth-order valence-electron chi connectivity index (χ4n) is 1.45. The van der Waals surface area contributed by atoms with Gasteiger partial charge < -0.3 is 0 Å². The normalized spacial score (nSPS) is 13.5. The predicted octanol–water partition coefficient (Wildman–Crippen LogP) is 3.21. The van der Waals surface area contributed by atoms with Crippen molar-refractivity contribution in [1.82, 2.24) is 9.88 Å². The summed E-state index contributed by atoms with van der Waals surface area (Å²) in [4.78, 5) is 6.57. The Kier molecular flexibility index (Phi) is 4.55. The lowest BCUT2D eigenvalue weighted by atomic mass is 10.1. The molecule has 1 rings (SSSR count). The van der Waals surface area contributed by atoms with Crippen molar-refractivity contribution in [2.45, 2.75) is 33.4 Å². The molecule has 0 saturated carbocycles. The second-order valence-corrected chi connectivity index (χ2v) is 4.74. The second kappa shape index (κ2) is 5.47. The van der Waals surface area contributed by atoms with E-state index < -0.39 is 0 Å². The molecule has 1 unspecified atom stereocenters. The molecule has 0 spiro atoms. The monoisotopic (exact) mass is 226 g/mol. The van der Waals surface area contributed by atoms with E-state index in [-0.39, 0.29) is 0 Å². The Balaban J connectivity index is 2.62. The van der Waals surface area contributed by atoms with E-state index in [1.807, 2.05) is 12.1 Å². The second-order valence-electron chi connectivity index (χ2n) is 4.35. The molecule has 0 aliphatic carbocycles. The van der Waals surface area contributed by atoms with Crippen molar-refractivity contribution in [1.29, 1.82) is 0 Å². The molecule has 0 aliphatic heterocycles.